The quantitative estimate of drug-likeness (QED) is 0.239. The number of halogens is 1. The highest BCUT2D eigenvalue weighted by atomic mass is 79.9. The molecule has 6 nitrogen and oxygen atoms in total. The average molecular weight is 464 g/mol. The van der Waals surface area contributed by atoms with E-state index in [0.717, 1.165) is 15.2 Å². The van der Waals surface area contributed by atoms with E-state index in [-0.39, 0.29) is 13.0 Å². The van der Waals surface area contributed by atoms with Crippen LogP contribution < -0.4 is 15.5 Å². The lowest BCUT2D eigenvalue weighted by atomic mass is 10.0. The number of para-hydroxylation sites is 1. The first-order valence-corrected chi connectivity index (χ1v) is 9.82. The lowest BCUT2D eigenvalue weighted by molar-refractivity contribution is -0.126. The van der Waals surface area contributed by atoms with Gasteiger partial charge in [0.05, 0.1) is 11.9 Å². The first-order valence-electron chi connectivity index (χ1n) is 9.03. The number of nitrogens with one attached hydrogen (secondary N) is 2. The molecule has 0 bridgehead atoms. The molecule has 0 spiro atoms. The van der Waals surface area contributed by atoms with E-state index in [0.29, 0.717) is 17.0 Å². The van der Waals surface area contributed by atoms with Gasteiger partial charge in [-0.15, -0.1) is 6.42 Å². The minimum atomic E-state index is -0.540. The van der Waals surface area contributed by atoms with Crippen LogP contribution >= 0.6 is 15.9 Å². The largest absolute Gasteiger partial charge is 0.480 e. The molecular formula is C23H18BrN3O3. The highest BCUT2D eigenvalue weighted by Crippen LogP contribution is 2.26. The number of hydrogen-bond acceptors (Lipinski definition) is 4. The molecule has 0 aliphatic heterocycles. The van der Waals surface area contributed by atoms with Crippen LogP contribution in [-0.4, -0.2) is 24.6 Å². The predicted octanol–water partition coefficient (Wildman–Crippen LogP) is 4.09. The monoisotopic (exact) mass is 463 g/mol. The summed E-state index contributed by atoms with van der Waals surface area (Å²) in [5.74, 6) is 1.99. The Hall–Kier alpha value is -3.63. The third-order valence-corrected chi connectivity index (χ3v) is 4.79. The van der Waals surface area contributed by atoms with E-state index in [4.69, 9.17) is 11.2 Å². The number of nitrogens with zero attached hydrogens (tertiary/aromatic N) is 1. The molecule has 3 aromatic carbocycles. The summed E-state index contributed by atoms with van der Waals surface area (Å²) < 4.78 is 6.31. The Labute approximate surface area is 182 Å². The first kappa shape index (κ1) is 21.1. The number of ether oxygens (including phenoxy) is 1. The summed E-state index contributed by atoms with van der Waals surface area (Å²) in [5.41, 5.74) is 3.64. The Balaban J connectivity index is 1.68. The van der Waals surface area contributed by atoms with Gasteiger partial charge in [0, 0.05) is 10.0 Å². The maximum absolute atomic E-state index is 12.1. The van der Waals surface area contributed by atoms with E-state index in [1.165, 1.54) is 6.21 Å². The molecule has 0 aliphatic carbocycles. The van der Waals surface area contributed by atoms with Crippen LogP contribution in [0.3, 0.4) is 0 Å². The molecule has 3 rings (SSSR count). The minimum Gasteiger partial charge on any atom is -0.480 e. The van der Waals surface area contributed by atoms with Gasteiger partial charge in [-0.2, -0.15) is 5.10 Å². The maximum atomic E-state index is 12.1. The lowest BCUT2D eigenvalue weighted by Gasteiger charge is -2.10. The second-order valence-corrected chi connectivity index (χ2v) is 7.04. The summed E-state index contributed by atoms with van der Waals surface area (Å²) >= 11 is 3.34. The fourth-order valence-corrected chi connectivity index (χ4v) is 3.15. The SMILES string of the molecule is C#CCOc1ccc2ccccc2c1C=NNC(=O)CC(=O)Nc1ccccc1Br. The van der Waals surface area contributed by atoms with E-state index >= 15 is 0 Å². The van der Waals surface area contributed by atoms with Gasteiger partial charge < -0.3 is 10.1 Å². The highest BCUT2D eigenvalue weighted by molar-refractivity contribution is 9.10. The standard InChI is InChI=1S/C23H18BrN3O3/c1-2-13-30-21-12-11-16-7-3-4-8-17(16)18(21)15-25-27-23(29)14-22(28)26-20-10-6-5-9-19(20)24/h1,3-12,15H,13-14H2,(H,26,28)(H,27,29). The number of fused-ring (bicyclic) bond motifs is 1. The van der Waals surface area contributed by atoms with Gasteiger partial charge in [0.1, 0.15) is 18.8 Å². The van der Waals surface area contributed by atoms with Crippen molar-refractivity contribution >= 4 is 50.4 Å². The Morgan fingerprint density at radius 2 is 1.83 bits per heavy atom. The van der Waals surface area contributed by atoms with Crippen molar-refractivity contribution in [2.24, 2.45) is 5.10 Å². The van der Waals surface area contributed by atoms with Crippen LogP contribution in [0.15, 0.2) is 70.2 Å². The third kappa shape index (κ3) is 5.46. The summed E-state index contributed by atoms with van der Waals surface area (Å²) in [4.78, 5) is 24.2. The van der Waals surface area contributed by atoms with Crippen molar-refractivity contribution in [1.29, 1.82) is 0 Å². The predicted molar refractivity (Wildman–Crippen MR) is 121 cm³/mol. The van der Waals surface area contributed by atoms with Gasteiger partial charge in [-0.3, -0.25) is 9.59 Å². The van der Waals surface area contributed by atoms with Crippen LogP contribution in [0.25, 0.3) is 10.8 Å². The van der Waals surface area contributed by atoms with Crippen molar-refractivity contribution in [3.05, 3.63) is 70.7 Å². The van der Waals surface area contributed by atoms with Crippen LogP contribution in [-0.2, 0) is 9.59 Å². The first-order chi connectivity index (χ1) is 14.6. The molecule has 7 heteroatoms. The molecule has 0 radical (unpaired) electrons. The molecule has 0 unspecified atom stereocenters. The number of benzene rings is 3. The number of terminal acetylenes is 1. The molecule has 0 heterocycles. The number of anilines is 1. The van der Waals surface area contributed by atoms with Crippen molar-refractivity contribution in [3.63, 3.8) is 0 Å². The molecule has 2 N–H and O–H groups in total. The van der Waals surface area contributed by atoms with Crippen LogP contribution in [0, 0.1) is 12.3 Å². The molecule has 0 atom stereocenters. The van der Waals surface area contributed by atoms with Gasteiger partial charge in [0.25, 0.3) is 0 Å². The number of hydrogen-bond donors (Lipinski definition) is 2. The van der Waals surface area contributed by atoms with Gasteiger partial charge in [0.15, 0.2) is 0 Å². The summed E-state index contributed by atoms with van der Waals surface area (Å²) in [6, 6.07) is 18.6. The number of rotatable bonds is 7. The van der Waals surface area contributed by atoms with Crippen molar-refractivity contribution in [1.82, 2.24) is 5.43 Å². The molecule has 0 saturated heterocycles. The highest BCUT2D eigenvalue weighted by Gasteiger charge is 2.11. The maximum Gasteiger partial charge on any atom is 0.249 e. The second-order valence-electron chi connectivity index (χ2n) is 6.19. The molecule has 0 saturated carbocycles. The lowest BCUT2D eigenvalue weighted by Crippen LogP contribution is -2.24. The van der Waals surface area contributed by atoms with Gasteiger partial charge in [-0.1, -0.05) is 48.4 Å². The molecule has 0 aromatic heterocycles. The average Bonchev–Trinajstić information content (AvgIpc) is 2.74. The van der Waals surface area contributed by atoms with E-state index < -0.39 is 11.8 Å². The van der Waals surface area contributed by atoms with Crippen LogP contribution in [0.5, 0.6) is 5.75 Å². The summed E-state index contributed by atoms with van der Waals surface area (Å²) in [7, 11) is 0. The number of carbonyl (C=O) groups is 2. The van der Waals surface area contributed by atoms with Gasteiger partial charge in [-0.25, -0.2) is 5.43 Å². The van der Waals surface area contributed by atoms with E-state index in [1.807, 2.05) is 36.4 Å². The van der Waals surface area contributed by atoms with Crippen molar-refractivity contribution in [3.8, 4) is 18.1 Å². The smallest absolute Gasteiger partial charge is 0.249 e. The van der Waals surface area contributed by atoms with Crippen LogP contribution in [0.4, 0.5) is 5.69 Å². The van der Waals surface area contributed by atoms with E-state index in [9.17, 15) is 9.59 Å². The Morgan fingerprint density at radius 1 is 1.07 bits per heavy atom. The summed E-state index contributed by atoms with van der Waals surface area (Å²) in [5, 5.41) is 8.55. The summed E-state index contributed by atoms with van der Waals surface area (Å²) in [6.07, 6.45) is 6.40. The third-order valence-electron chi connectivity index (χ3n) is 4.09. The molecule has 0 aliphatic rings. The van der Waals surface area contributed by atoms with Crippen molar-refractivity contribution < 1.29 is 14.3 Å². The molecule has 150 valence electrons. The molecule has 3 aromatic rings. The minimum absolute atomic E-state index is 0.112. The molecular weight excluding hydrogens is 446 g/mol. The molecule has 30 heavy (non-hydrogen) atoms. The van der Waals surface area contributed by atoms with Gasteiger partial charge in [0.2, 0.25) is 11.8 Å². The fourth-order valence-electron chi connectivity index (χ4n) is 2.77. The zero-order valence-electron chi connectivity index (χ0n) is 15.9. The topological polar surface area (TPSA) is 79.8 Å². The Bertz CT molecular complexity index is 1150. The molecule has 2 amide bonds. The zero-order chi connectivity index (χ0) is 21.3. The Morgan fingerprint density at radius 3 is 2.63 bits per heavy atom. The van der Waals surface area contributed by atoms with Crippen molar-refractivity contribution in [2.75, 3.05) is 11.9 Å². The van der Waals surface area contributed by atoms with Gasteiger partial charge in [-0.05, 0) is 44.9 Å². The summed E-state index contributed by atoms with van der Waals surface area (Å²) in [6.45, 7) is 0.112. The zero-order valence-corrected chi connectivity index (χ0v) is 17.5. The van der Waals surface area contributed by atoms with Crippen LogP contribution in [0.1, 0.15) is 12.0 Å². The Kier molecular flexibility index (Phi) is 7.19. The van der Waals surface area contributed by atoms with E-state index in [1.54, 1.807) is 24.3 Å². The van der Waals surface area contributed by atoms with Crippen LogP contribution in [0.2, 0.25) is 0 Å². The fraction of sp³-hybridized carbons (Fsp3) is 0.0870. The van der Waals surface area contributed by atoms with Gasteiger partial charge >= 0.3 is 0 Å². The van der Waals surface area contributed by atoms with Crippen molar-refractivity contribution in [2.45, 2.75) is 6.42 Å². The normalized spacial score (nSPS) is 10.5. The number of amides is 2. The number of carbonyl (C=O) groups excluding carboxylic acids is 2. The molecule has 0 fully saturated rings. The second kappa shape index (κ2) is 10.2. The number of hydrazone groups is 1. The van der Waals surface area contributed by atoms with E-state index in [2.05, 4.69) is 37.7 Å².